The number of guanidine groups is 1. The van der Waals surface area contributed by atoms with Crippen LogP contribution in [0, 0.1) is 11.3 Å². The minimum atomic E-state index is -0.00317. The van der Waals surface area contributed by atoms with Gasteiger partial charge in [-0.3, -0.25) is 14.6 Å². The molecule has 24 heavy (non-hydrogen) atoms. The summed E-state index contributed by atoms with van der Waals surface area (Å²) in [6.45, 7) is 10.3. The summed E-state index contributed by atoms with van der Waals surface area (Å²) in [5, 5.41) is 9.20. The third-order valence-electron chi connectivity index (χ3n) is 4.69. The maximum atomic E-state index is 11.6. The van der Waals surface area contributed by atoms with Gasteiger partial charge in [-0.25, -0.2) is 0 Å². The number of nitrogens with zero attached hydrogens (tertiary/aromatic N) is 2. The van der Waals surface area contributed by atoms with Crippen LogP contribution in [0.15, 0.2) is 4.99 Å². The monoisotopic (exact) mass is 337 g/mol. The summed E-state index contributed by atoms with van der Waals surface area (Å²) >= 11 is 0. The molecule has 0 aliphatic carbocycles. The van der Waals surface area contributed by atoms with E-state index in [1.807, 2.05) is 13.8 Å². The summed E-state index contributed by atoms with van der Waals surface area (Å²) in [6.07, 6.45) is 2.78. The first-order chi connectivity index (χ1) is 11.5. The lowest BCUT2D eigenvalue weighted by molar-refractivity contribution is -0.124. The Hall–Kier alpha value is -1.79. The summed E-state index contributed by atoms with van der Waals surface area (Å²) in [5.74, 6) is 1.10. The number of piperidine rings is 1. The van der Waals surface area contributed by atoms with Crippen molar-refractivity contribution in [3.63, 3.8) is 0 Å². The van der Waals surface area contributed by atoms with Crippen molar-refractivity contribution in [1.82, 2.24) is 20.9 Å². The topological polar surface area (TPSA) is 85.8 Å². The van der Waals surface area contributed by atoms with Gasteiger partial charge in [-0.1, -0.05) is 13.8 Å². The van der Waals surface area contributed by atoms with Gasteiger partial charge in [0.15, 0.2) is 5.96 Å². The van der Waals surface area contributed by atoms with Crippen molar-refractivity contribution in [2.75, 3.05) is 39.3 Å². The van der Waals surface area contributed by atoms with Gasteiger partial charge in [0, 0.05) is 50.5 Å². The number of nitrogens with one attached hydrogen (secondary N) is 3. The Morgan fingerprint density at radius 1 is 1.42 bits per heavy atom. The van der Waals surface area contributed by atoms with E-state index in [1.165, 1.54) is 0 Å². The van der Waals surface area contributed by atoms with Crippen LogP contribution in [0.4, 0.5) is 0 Å². The molecule has 2 rings (SSSR count). The lowest BCUT2D eigenvalue weighted by atomic mass is 9.79. The standard InChI is InChI=1S/C17H31N5O2/c1-4-18-16(20-8-7-19-15(24)13(2)3)22-9-5-6-17(12-22)10-14(23)21-11-17/h13H,4-12H2,1-3H3,(H,18,20)(H,19,24)(H,21,23). The van der Waals surface area contributed by atoms with E-state index in [9.17, 15) is 9.59 Å². The molecule has 0 saturated carbocycles. The second-order valence-electron chi connectivity index (χ2n) is 7.16. The van der Waals surface area contributed by atoms with E-state index < -0.39 is 0 Å². The number of carbonyl (C=O) groups excluding carboxylic acids is 2. The first-order valence-electron chi connectivity index (χ1n) is 9.03. The summed E-state index contributed by atoms with van der Waals surface area (Å²) in [4.78, 5) is 30.1. The highest BCUT2D eigenvalue weighted by Crippen LogP contribution is 2.35. The number of aliphatic imine (C=N–C) groups is 1. The fraction of sp³-hybridized carbons (Fsp3) is 0.824. The van der Waals surface area contributed by atoms with E-state index in [1.54, 1.807) is 0 Å². The molecule has 1 unspecified atom stereocenters. The van der Waals surface area contributed by atoms with Gasteiger partial charge in [-0.15, -0.1) is 0 Å². The van der Waals surface area contributed by atoms with E-state index >= 15 is 0 Å². The molecule has 2 aliphatic heterocycles. The Morgan fingerprint density at radius 2 is 2.21 bits per heavy atom. The maximum absolute atomic E-state index is 11.6. The predicted molar refractivity (Wildman–Crippen MR) is 94.7 cm³/mol. The van der Waals surface area contributed by atoms with Gasteiger partial charge in [0.05, 0.1) is 6.54 Å². The van der Waals surface area contributed by atoms with E-state index in [0.29, 0.717) is 19.5 Å². The summed E-state index contributed by atoms with van der Waals surface area (Å²) < 4.78 is 0. The van der Waals surface area contributed by atoms with Gasteiger partial charge in [0.2, 0.25) is 11.8 Å². The third kappa shape index (κ3) is 4.85. The molecule has 136 valence electrons. The molecule has 2 amide bonds. The van der Waals surface area contributed by atoms with Gasteiger partial charge in [-0.05, 0) is 19.8 Å². The van der Waals surface area contributed by atoms with Crippen molar-refractivity contribution in [3.8, 4) is 0 Å². The van der Waals surface area contributed by atoms with Crippen molar-refractivity contribution in [1.29, 1.82) is 0 Å². The molecule has 0 radical (unpaired) electrons. The Labute approximate surface area is 144 Å². The van der Waals surface area contributed by atoms with Crippen molar-refractivity contribution < 1.29 is 9.59 Å². The van der Waals surface area contributed by atoms with Crippen LogP contribution in [-0.4, -0.2) is 61.9 Å². The minimum absolute atomic E-state index is 0.00317. The Bertz CT molecular complexity index is 491. The number of amides is 2. The molecule has 0 aromatic carbocycles. The average Bonchev–Trinajstić information content (AvgIpc) is 2.90. The number of carbonyl (C=O) groups is 2. The van der Waals surface area contributed by atoms with E-state index in [-0.39, 0.29) is 23.1 Å². The van der Waals surface area contributed by atoms with Gasteiger partial charge in [0.1, 0.15) is 0 Å². The zero-order valence-electron chi connectivity index (χ0n) is 15.2. The Morgan fingerprint density at radius 3 is 2.83 bits per heavy atom. The molecule has 2 aliphatic rings. The van der Waals surface area contributed by atoms with Gasteiger partial charge < -0.3 is 20.9 Å². The molecule has 0 bridgehead atoms. The van der Waals surface area contributed by atoms with Crippen LogP contribution in [0.1, 0.15) is 40.0 Å². The maximum Gasteiger partial charge on any atom is 0.222 e. The number of rotatable bonds is 5. The van der Waals surface area contributed by atoms with Crippen molar-refractivity contribution >= 4 is 17.8 Å². The van der Waals surface area contributed by atoms with E-state index in [0.717, 1.165) is 45.0 Å². The molecular formula is C17H31N5O2. The molecule has 1 spiro atoms. The molecule has 0 aromatic heterocycles. The predicted octanol–water partition coefficient (Wildman–Crippen LogP) is 0.326. The quantitative estimate of drug-likeness (QED) is 0.383. The van der Waals surface area contributed by atoms with Crippen LogP contribution in [0.5, 0.6) is 0 Å². The van der Waals surface area contributed by atoms with E-state index in [2.05, 4.69) is 32.8 Å². The summed E-state index contributed by atoms with van der Waals surface area (Å²) in [7, 11) is 0. The molecule has 1 atom stereocenters. The summed E-state index contributed by atoms with van der Waals surface area (Å²) in [5.41, 5.74) is 0.0530. The number of hydrogen-bond donors (Lipinski definition) is 3. The molecular weight excluding hydrogens is 306 g/mol. The SMILES string of the molecule is CCNC(=NCCNC(=O)C(C)C)N1CCCC2(CNC(=O)C2)C1. The van der Waals surface area contributed by atoms with Crippen LogP contribution in [0.2, 0.25) is 0 Å². The van der Waals surface area contributed by atoms with Gasteiger partial charge >= 0.3 is 0 Å². The zero-order chi connectivity index (χ0) is 17.6. The number of likely N-dealkylation sites (tertiary alicyclic amines) is 1. The fourth-order valence-corrected chi connectivity index (χ4v) is 3.40. The lowest BCUT2D eigenvalue weighted by Gasteiger charge is -2.40. The molecule has 2 fully saturated rings. The minimum Gasteiger partial charge on any atom is -0.357 e. The van der Waals surface area contributed by atoms with Crippen LogP contribution >= 0.6 is 0 Å². The van der Waals surface area contributed by atoms with Crippen LogP contribution < -0.4 is 16.0 Å². The Kier molecular flexibility index (Phi) is 6.45. The zero-order valence-corrected chi connectivity index (χ0v) is 15.2. The molecule has 7 heteroatoms. The largest absolute Gasteiger partial charge is 0.357 e. The van der Waals surface area contributed by atoms with Crippen molar-refractivity contribution in [3.05, 3.63) is 0 Å². The van der Waals surface area contributed by atoms with E-state index in [4.69, 9.17) is 0 Å². The average molecular weight is 337 g/mol. The normalized spacial score (nSPS) is 24.4. The molecule has 3 N–H and O–H groups in total. The fourth-order valence-electron chi connectivity index (χ4n) is 3.40. The molecule has 7 nitrogen and oxygen atoms in total. The Balaban J connectivity index is 1.92. The van der Waals surface area contributed by atoms with Gasteiger partial charge in [0.25, 0.3) is 0 Å². The molecule has 2 heterocycles. The van der Waals surface area contributed by atoms with Crippen LogP contribution in [0.3, 0.4) is 0 Å². The highest BCUT2D eigenvalue weighted by molar-refractivity contribution is 5.82. The molecule has 2 saturated heterocycles. The van der Waals surface area contributed by atoms with Crippen LogP contribution in [0.25, 0.3) is 0 Å². The van der Waals surface area contributed by atoms with Gasteiger partial charge in [-0.2, -0.15) is 0 Å². The second-order valence-corrected chi connectivity index (χ2v) is 7.16. The molecule has 0 aromatic rings. The highest BCUT2D eigenvalue weighted by Gasteiger charge is 2.42. The van der Waals surface area contributed by atoms with Crippen molar-refractivity contribution in [2.24, 2.45) is 16.3 Å². The second kappa shape index (κ2) is 8.35. The third-order valence-corrected chi connectivity index (χ3v) is 4.69. The first kappa shape index (κ1) is 18.5. The number of hydrogen-bond acceptors (Lipinski definition) is 3. The first-order valence-corrected chi connectivity index (χ1v) is 9.03. The lowest BCUT2D eigenvalue weighted by Crippen LogP contribution is -2.51. The van der Waals surface area contributed by atoms with Crippen LogP contribution in [-0.2, 0) is 9.59 Å². The summed E-state index contributed by atoms with van der Waals surface area (Å²) in [6, 6.07) is 0. The van der Waals surface area contributed by atoms with Crippen molar-refractivity contribution in [2.45, 2.75) is 40.0 Å². The smallest absolute Gasteiger partial charge is 0.222 e. The highest BCUT2D eigenvalue weighted by atomic mass is 16.2.